The van der Waals surface area contributed by atoms with Gasteiger partial charge >= 0.3 is 6.18 Å². The van der Waals surface area contributed by atoms with Gasteiger partial charge < -0.3 is 16.4 Å². The molecule has 0 amide bonds. The maximum Gasteiger partial charge on any atom is 0.414 e. The van der Waals surface area contributed by atoms with E-state index in [1.54, 1.807) is 37.0 Å². The molecule has 0 radical (unpaired) electrons. The van der Waals surface area contributed by atoms with Crippen molar-refractivity contribution >= 4 is 11.7 Å². The molecule has 0 fully saturated rings. The predicted molar refractivity (Wildman–Crippen MR) is 80.6 cm³/mol. The summed E-state index contributed by atoms with van der Waals surface area (Å²) in [4.78, 5) is 3.97. The molecule has 1 aromatic rings. The van der Waals surface area contributed by atoms with E-state index in [1.807, 2.05) is 0 Å². The van der Waals surface area contributed by atoms with Gasteiger partial charge in [-0.1, -0.05) is 6.92 Å². The monoisotopic (exact) mass is 326 g/mol. The smallest absolute Gasteiger partial charge is 0.327 e. The zero-order valence-corrected chi connectivity index (χ0v) is 12.7. The van der Waals surface area contributed by atoms with E-state index in [2.05, 4.69) is 20.7 Å². The highest BCUT2D eigenvalue weighted by Crippen LogP contribution is 2.39. The number of hydrogen-bond acceptors (Lipinski definition) is 5. The van der Waals surface area contributed by atoms with Gasteiger partial charge in [0.05, 0.1) is 17.7 Å². The van der Waals surface area contributed by atoms with Gasteiger partial charge in [0.15, 0.2) is 5.82 Å². The van der Waals surface area contributed by atoms with Crippen molar-refractivity contribution in [2.24, 2.45) is 17.8 Å². The van der Waals surface area contributed by atoms with Crippen LogP contribution in [-0.4, -0.2) is 33.9 Å². The molecule has 0 bridgehead atoms. The SMILES string of the molecule is CCC1(N)C=C(Nc2ccn(C)n2)NC2=NCC(C(F)(F)F)=C21. The van der Waals surface area contributed by atoms with Gasteiger partial charge in [-0.15, -0.1) is 0 Å². The summed E-state index contributed by atoms with van der Waals surface area (Å²) >= 11 is 0. The van der Waals surface area contributed by atoms with Crippen LogP contribution in [0.15, 0.2) is 40.3 Å². The Balaban J connectivity index is 1.99. The van der Waals surface area contributed by atoms with E-state index >= 15 is 0 Å². The molecule has 0 aromatic carbocycles. The lowest BCUT2D eigenvalue weighted by molar-refractivity contribution is -0.0927. The van der Waals surface area contributed by atoms with E-state index in [-0.39, 0.29) is 11.4 Å². The molecule has 1 atom stereocenters. The Hall–Kier alpha value is -2.29. The molecule has 3 heterocycles. The topological polar surface area (TPSA) is 80.3 Å². The second-order valence-corrected chi connectivity index (χ2v) is 5.59. The van der Waals surface area contributed by atoms with Crippen molar-refractivity contribution in [2.75, 3.05) is 11.9 Å². The molecule has 4 N–H and O–H groups in total. The van der Waals surface area contributed by atoms with Gasteiger partial charge in [-0.3, -0.25) is 9.67 Å². The highest BCUT2D eigenvalue weighted by atomic mass is 19.4. The Morgan fingerprint density at radius 3 is 2.78 bits per heavy atom. The number of fused-ring (bicyclic) bond motifs is 1. The van der Waals surface area contributed by atoms with Gasteiger partial charge in [-0.2, -0.15) is 18.3 Å². The molecular weight excluding hydrogens is 309 g/mol. The van der Waals surface area contributed by atoms with E-state index < -0.39 is 23.8 Å². The standard InChI is InChI=1S/C14H17F3N6/c1-3-13(18)6-10(20-9-4-5-23(2)22-9)21-12-11(13)8(7-19-12)14(15,16)17/h4-6H,3,7,18H2,1-2H3,(H,19,21)(H,20,22). The third-order valence-corrected chi connectivity index (χ3v) is 3.96. The maximum atomic E-state index is 13.2. The average Bonchev–Trinajstić information content (AvgIpc) is 3.05. The van der Waals surface area contributed by atoms with E-state index in [4.69, 9.17) is 5.73 Å². The molecule has 1 unspecified atom stereocenters. The van der Waals surface area contributed by atoms with Crippen LogP contribution in [0.3, 0.4) is 0 Å². The number of halogens is 3. The Kier molecular flexibility index (Phi) is 3.47. The number of nitrogens with one attached hydrogen (secondary N) is 2. The Labute approximate surface area is 130 Å². The van der Waals surface area contributed by atoms with Crippen LogP contribution in [-0.2, 0) is 7.05 Å². The van der Waals surface area contributed by atoms with Crippen LogP contribution in [0.2, 0.25) is 0 Å². The first-order valence-corrected chi connectivity index (χ1v) is 7.14. The molecule has 124 valence electrons. The summed E-state index contributed by atoms with van der Waals surface area (Å²) in [5.74, 6) is 1.20. The number of aromatic nitrogens is 2. The fraction of sp³-hybridized carbons (Fsp3) is 0.429. The lowest BCUT2D eigenvalue weighted by Crippen LogP contribution is -2.51. The van der Waals surface area contributed by atoms with Crippen LogP contribution < -0.4 is 16.4 Å². The number of rotatable bonds is 3. The average molecular weight is 326 g/mol. The second-order valence-electron chi connectivity index (χ2n) is 5.59. The normalized spacial score (nSPS) is 24.1. The summed E-state index contributed by atoms with van der Waals surface area (Å²) in [6, 6.07) is 1.75. The third kappa shape index (κ3) is 2.72. The van der Waals surface area contributed by atoms with Crippen LogP contribution >= 0.6 is 0 Å². The van der Waals surface area contributed by atoms with Gasteiger partial charge in [0.2, 0.25) is 0 Å². The van der Waals surface area contributed by atoms with Crippen molar-refractivity contribution in [3.63, 3.8) is 0 Å². The predicted octanol–water partition coefficient (Wildman–Crippen LogP) is 1.66. The molecule has 9 heteroatoms. The number of nitrogens with zero attached hydrogens (tertiary/aromatic N) is 3. The fourth-order valence-electron chi connectivity index (χ4n) is 2.75. The molecular formula is C14H17F3N6. The maximum absolute atomic E-state index is 13.2. The van der Waals surface area contributed by atoms with Crippen LogP contribution in [0, 0.1) is 0 Å². The molecule has 2 aliphatic rings. The minimum Gasteiger partial charge on any atom is -0.327 e. The Bertz CT molecular complexity index is 727. The van der Waals surface area contributed by atoms with Crippen LogP contribution in [0.25, 0.3) is 0 Å². The van der Waals surface area contributed by atoms with Gasteiger partial charge in [0.25, 0.3) is 0 Å². The summed E-state index contributed by atoms with van der Waals surface area (Å²) < 4.78 is 41.2. The van der Waals surface area contributed by atoms with Gasteiger partial charge in [0.1, 0.15) is 11.7 Å². The molecule has 0 spiro atoms. The summed E-state index contributed by atoms with van der Waals surface area (Å²) in [5.41, 5.74) is 4.37. The molecule has 1 aromatic heterocycles. The molecule has 0 aliphatic carbocycles. The Morgan fingerprint density at radius 1 is 1.48 bits per heavy atom. The molecule has 23 heavy (non-hydrogen) atoms. The number of anilines is 1. The summed E-state index contributed by atoms with van der Waals surface area (Å²) in [7, 11) is 1.77. The first-order chi connectivity index (χ1) is 10.7. The molecule has 0 saturated carbocycles. The molecule has 3 rings (SSSR count). The zero-order chi connectivity index (χ0) is 16.8. The van der Waals surface area contributed by atoms with Crippen molar-refractivity contribution in [3.8, 4) is 0 Å². The number of hydrogen-bond donors (Lipinski definition) is 3. The fourth-order valence-corrected chi connectivity index (χ4v) is 2.75. The van der Waals surface area contributed by atoms with Gasteiger partial charge in [0, 0.05) is 24.9 Å². The van der Waals surface area contributed by atoms with Crippen LogP contribution in [0.1, 0.15) is 13.3 Å². The van der Waals surface area contributed by atoms with Crippen molar-refractivity contribution in [1.82, 2.24) is 15.1 Å². The van der Waals surface area contributed by atoms with E-state index in [1.165, 1.54) is 0 Å². The first-order valence-electron chi connectivity index (χ1n) is 7.14. The lowest BCUT2D eigenvalue weighted by atomic mass is 9.82. The Morgan fingerprint density at radius 2 is 2.22 bits per heavy atom. The van der Waals surface area contributed by atoms with Gasteiger partial charge in [-0.05, 0) is 12.5 Å². The van der Waals surface area contributed by atoms with Crippen molar-refractivity contribution < 1.29 is 13.2 Å². The highest BCUT2D eigenvalue weighted by Gasteiger charge is 2.47. The van der Waals surface area contributed by atoms with Crippen molar-refractivity contribution in [2.45, 2.75) is 25.1 Å². The first kappa shape index (κ1) is 15.6. The molecule has 2 aliphatic heterocycles. The van der Waals surface area contributed by atoms with Crippen LogP contribution in [0.5, 0.6) is 0 Å². The molecule has 6 nitrogen and oxygen atoms in total. The zero-order valence-electron chi connectivity index (χ0n) is 12.7. The van der Waals surface area contributed by atoms with Crippen LogP contribution in [0.4, 0.5) is 19.0 Å². The summed E-state index contributed by atoms with van der Waals surface area (Å²) in [6.07, 6.45) is -0.813. The number of alkyl halides is 3. The number of aryl methyl sites for hydroxylation is 1. The van der Waals surface area contributed by atoms with E-state index in [9.17, 15) is 13.2 Å². The number of amidine groups is 1. The highest BCUT2D eigenvalue weighted by molar-refractivity contribution is 6.06. The quantitative estimate of drug-likeness (QED) is 0.789. The second kappa shape index (κ2) is 5.12. The van der Waals surface area contributed by atoms with E-state index in [0.29, 0.717) is 18.1 Å². The minimum atomic E-state index is -4.44. The third-order valence-electron chi connectivity index (χ3n) is 3.96. The van der Waals surface area contributed by atoms with Gasteiger partial charge in [-0.25, -0.2) is 0 Å². The summed E-state index contributed by atoms with van der Waals surface area (Å²) in [5, 5.41) is 10.1. The van der Waals surface area contributed by atoms with Crippen molar-refractivity contribution in [1.29, 1.82) is 0 Å². The minimum absolute atomic E-state index is 0.0269. The largest absolute Gasteiger partial charge is 0.414 e. The lowest BCUT2D eigenvalue weighted by Gasteiger charge is -2.34. The molecule has 0 saturated heterocycles. The number of aliphatic imine (C=N–C) groups is 1. The number of nitrogens with two attached hydrogens (primary N) is 1. The van der Waals surface area contributed by atoms with Crippen molar-refractivity contribution in [3.05, 3.63) is 35.3 Å². The summed E-state index contributed by atoms with van der Waals surface area (Å²) in [6.45, 7) is 1.34. The van der Waals surface area contributed by atoms with E-state index in [0.717, 1.165) is 0 Å².